The largest absolute Gasteiger partial charge is 0.516 e. The molecule has 158 valence electrons. The Morgan fingerprint density at radius 1 is 1.17 bits per heavy atom. The molecule has 0 aromatic heterocycles. The Morgan fingerprint density at radius 2 is 1.83 bits per heavy atom. The molecule has 2 aromatic carbocycles. The summed E-state index contributed by atoms with van der Waals surface area (Å²) < 4.78 is 63.0. The third kappa shape index (κ3) is 5.55. The average molecular weight is 468 g/mol. The minimum atomic E-state index is -5.58. The van der Waals surface area contributed by atoms with Crippen molar-refractivity contribution in [3.63, 3.8) is 0 Å². The number of anilines is 2. The molecule has 29 heavy (non-hydrogen) atoms. The SMILES string of the molecule is CCN(/N=C(\C)c1cc(C)ccc1NS(=O)(=O)C(F)(F)F)c1cc(Cl)ccc1Cl. The molecule has 0 saturated carbocycles. The second-order valence-electron chi connectivity index (χ2n) is 6.10. The van der Waals surface area contributed by atoms with Crippen LogP contribution in [0, 0.1) is 6.92 Å². The number of nitrogens with zero attached hydrogens (tertiary/aromatic N) is 2. The van der Waals surface area contributed by atoms with Gasteiger partial charge in [-0.25, -0.2) is 0 Å². The third-order valence-corrected chi connectivity index (χ3v) is 5.52. The van der Waals surface area contributed by atoms with Gasteiger partial charge in [0.05, 0.1) is 22.1 Å². The van der Waals surface area contributed by atoms with Crippen LogP contribution in [0.5, 0.6) is 0 Å². The van der Waals surface area contributed by atoms with Crippen molar-refractivity contribution in [2.45, 2.75) is 26.3 Å². The summed E-state index contributed by atoms with van der Waals surface area (Å²) in [7, 11) is -5.58. The third-order valence-electron chi connectivity index (χ3n) is 3.87. The van der Waals surface area contributed by atoms with E-state index in [1.165, 1.54) is 17.1 Å². The Labute approximate surface area is 177 Å². The van der Waals surface area contributed by atoms with Gasteiger partial charge in [0.15, 0.2) is 0 Å². The lowest BCUT2D eigenvalue weighted by molar-refractivity contribution is -0.0429. The summed E-state index contributed by atoms with van der Waals surface area (Å²) in [6, 6.07) is 9.12. The first-order valence-corrected chi connectivity index (χ1v) is 10.6. The Kier molecular flexibility index (Phi) is 7.08. The maximum Gasteiger partial charge on any atom is 0.516 e. The molecule has 0 heterocycles. The number of rotatable bonds is 6. The maximum atomic E-state index is 12.8. The Balaban J connectivity index is 2.52. The maximum absolute atomic E-state index is 12.8. The highest BCUT2D eigenvalue weighted by atomic mass is 35.5. The van der Waals surface area contributed by atoms with Gasteiger partial charge >= 0.3 is 15.5 Å². The van der Waals surface area contributed by atoms with Crippen molar-refractivity contribution >= 4 is 50.3 Å². The summed E-state index contributed by atoms with van der Waals surface area (Å²) >= 11 is 12.2. The van der Waals surface area contributed by atoms with Gasteiger partial charge in [-0.05, 0) is 51.1 Å². The molecule has 0 aliphatic carbocycles. The van der Waals surface area contributed by atoms with Crippen molar-refractivity contribution in [1.82, 2.24) is 0 Å². The number of hydrogen-bond acceptors (Lipinski definition) is 4. The molecule has 2 aromatic rings. The molecule has 11 heteroatoms. The van der Waals surface area contributed by atoms with Gasteiger partial charge in [0.2, 0.25) is 0 Å². The van der Waals surface area contributed by atoms with Gasteiger partial charge in [0, 0.05) is 17.1 Å². The van der Waals surface area contributed by atoms with Crippen molar-refractivity contribution in [2.75, 3.05) is 16.3 Å². The van der Waals surface area contributed by atoms with Crippen LogP contribution in [0.3, 0.4) is 0 Å². The van der Waals surface area contributed by atoms with Gasteiger partial charge in [-0.15, -0.1) is 0 Å². The predicted octanol–water partition coefficient (Wildman–Crippen LogP) is 5.81. The smallest absolute Gasteiger partial charge is 0.275 e. The first-order chi connectivity index (χ1) is 13.4. The van der Waals surface area contributed by atoms with Crippen LogP contribution in [0.1, 0.15) is 25.0 Å². The first kappa shape index (κ1) is 23.3. The molecule has 0 aliphatic rings. The zero-order chi connectivity index (χ0) is 22.0. The van der Waals surface area contributed by atoms with Gasteiger partial charge in [-0.1, -0.05) is 34.8 Å². The topological polar surface area (TPSA) is 61.8 Å². The van der Waals surface area contributed by atoms with Crippen LogP contribution >= 0.6 is 23.2 Å². The van der Waals surface area contributed by atoms with Crippen LogP contribution in [0.2, 0.25) is 10.0 Å². The predicted molar refractivity (Wildman–Crippen MR) is 111 cm³/mol. The van der Waals surface area contributed by atoms with E-state index in [4.69, 9.17) is 23.2 Å². The molecular formula is C18H18Cl2F3N3O2S. The minimum absolute atomic E-state index is 0.203. The molecule has 0 unspecified atom stereocenters. The molecule has 2 rings (SSSR count). The number of sulfonamides is 1. The lowest BCUT2D eigenvalue weighted by Crippen LogP contribution is -2.30. The molecule has 0 aliphatic heterocycles. The lowest BCUT2D eigenvalue weighted by Gasteiger charge is -2.21. The van der Waals surface area contributed by atoms with Crippen LogP contribution in [-0.2, 0) is 10.0 Å². The van der Waals surface area contributed by atoms with E-state index in [0.717, 1.165) is 0 Å². The number of hydrogen-bond donors (Lipinski definition) is 1. The first-order valence-electron chi connectivity index (χ1n) is 8.33. The van der Waals surface area contributed by atoms with Crippen molar-refractivity contribution in [1.29, 1.82) is 0 Å². The Hall–Kier alpha value is -1.97. The zero-order valence-electron chi connectivity index (χ0n) is 15.7. The van der Waals surface area contributed by atoms with Crippen LogP contribution < -0.4 is 9.73 Å². The number of halogens is 5. The van der Waals surface area contributed by atoms with Crippen LogP contribution in [0.15, 0.2) is 41.5 Å². The summed E-state index contributed by atoms with van der Waals surface area (Å²) in [4.78, 5) is 0. The van der Waals surface area contributed by atoms with E-state index in [9.17, 15) is 21.6 Å². The second-order valence-corrected chi connectivity index (χ2v) is 8.61. The van der Waals surface area contributed by atoms with Crippen LogP contribution in [0.25, 0.3) is 0 Å². The molecule has 0 amide bonds. The molecule has 1 N–H and O–H groups in total. The molecule has 0 fully saturated rings. The van der Waals surface area contributed by atoms with Gasteiger partial charge in [-0.3, -0.25) is 9.73 Å². The van der Waals surface area contributed by atoms with Gasteiger partial charge in [0.1, 0.15) is 0 Å². The lowest BCUT2D eigenvalue weighted by atomic mass is 10.1. The van der Waals surface area contributed by atoms with E-state index in [2.05, 4.69) is 5.10 Å². The fourth-order valence-electron chi connectivity index (χ4n) is 2.46. The molecule has 5 nitrogen and oxygen atoms in total. The summed E-state index contributed by atoms with van der Waals surface area (Å²) in [5.74, 6) is 0. The molecule has 0 radical (unpaired) electrons. The van der Waals surface area contributed by atoms with Crippen molar-refractivity contribution in [3.8, 4) is 0 Å². The van der Waals surface area contributed by atoms with Crippen molar-refractivity contribution in [3.05, 3.63) is 57.6 Å². The van der Waals surface area contributed by atoms with Crippen LogP contribution in [-0.4, -0.2) is 26.2 Å². The molecule has 0 atom stereocenters. The highest BCUT2D eigenvalue weighted by Gasteiger charge is 2.46. The average Bonchev–Trinajstić information content (AvgIpc) is 2.62. The summed E-state index contributed by atoms with van der Waals surface area (Å²) in [5.41, 5.74) is -3.97. The number of aryl methyl sites for hydroxylation is 1. The molecule has 0 saturated heterocycles. The van der Waals surface area contributed by atoms with Crippen molar-refractivity contribution in [2.24, 2.45) is 5.10 Å². The van der Waals surface area contributed by atoms with Crippen LogP contribution in [0.4, 0.5) is 24.5 Å². The summed E-state index contributed by atoms with van der Waals surface area (Å²) in [5, 5.41) is 6.76. The zero-order valence-corrected chi connectivity index (χ0v) is 18.0. The standard InChI is InChI=1S/C18H18Cl2F3N3O2S/c1-4-26(17-10-13(19)6-7-15(17)20)24-12(3)14-9-11(2)5-8-16(14)25-29(27,28)18(21,22)23/h5-10,25H,4H2,1-3H3/b24-12+. The van der Waals surface area contributed by atoms with E-state index < -0.39 is 15.5 Å². The normalized spacial score (nSPS) is 12.8. The highest BCUT2D eigenvalue weighted by molar-refractivity contribution is 7.93. The van der Waals surface area contributed by atoms with Gasteiger partial charge in [0.25, 0.3) is 0 Å². The highest BCUT2D eigenvalue weighted by Crippen LogP contribution is 2.31. The minimum Gasteiger partial charge on any atom is -0.275 e. The van der Waals surface area contributed by atoms with Gasteiger partial charge < -0.3 is 0 Å². The number of nitrogens with one attached hydrogen (secondary N) is 1. The van der Waals surface area contributed by atoms with E-state index in [0.29, 0.717) is 27.8 Å². The molecule has 0 spiro atoms. The Bertz CT molecular complexity index is 1040. The van der Waals surface area contributed by atoms with Gasteiger partial charge in [-0.2, -0.15) is 26.7 Å². The fourth-order valence-corrected chi connectivity index (χ4v) is 3.43. The van der Waals surface area contributed by atoms with E-state index in [-0.39, 0.29) is 17.0 Å². The molecule has 0 bridgehead atoms. The number of benzene rings is 2. The number of alkyl halides is 3. The summed E-state index contributed by atoms with van der Waals surface area (Å²) in [6.07, 6.45) is 0. The van der Waals surface area contributed by atoms with E-state index in [1.807, 2.05) is 0 Å². The van der Waals surface area contributed by atoms with E-state index >= 15 is 0 Å². The molecular weight excluding hydrogens is 450 g/mol. The fraction of sp³-hybridized carbons (Fsp3) is 0.278. The van der Waals surface area contributed by atoms with E-state index in [1.54, 1.807) is 49.8 Å². The quantitative estimate of drug-likeness (QED) is 0.430. The Morgan fingerprint density at radius 3 is 2.41 bits per heavy atom. The second kappa shape index (κ2) is 8.81. The summed E-state index contributed by atoms with van der Waals surface area (Å²) in [6.45, 7) is 5.47. The number of hydrazone groups is 1. The van der Waals surface area contributed by atoms with Crippen molar-refractivity contribution < 1.29 is 21.6 Å². The monoisotopic (exact) mass is 467 g/mol.